The van der Waals surface area contributed by atoms with Gasteiger partial charge < -0.3 is 15.2 Å². The Morgan fingerprint density at radius 3 is 2.88 bits per heavy atom. The third-order valence-electron chi connectivity index (χ3n) is 2.26. The number of hydrogen-bond donors (Lipinski definition) is 2. The predicted molar refractivity (Wildman–Crippen MR) is 70.5 cm³/mol. The molecule has 0 aliphatic carbocycles. The summed E-state index contributed by atoms with van der Waals surface area (Å²) in [5.74, 6) is 0.719. The van der Waals surface area contributed by atoms with E-state index in [2.05, 4.69) is 19.2 Å². The van der Waals surface area contributed by atoms with E-state index in [9.17, 15) is 5.11 Å². The maximum Gasteiger partial charge on any atom is 0.138 e. The monoisotopic (exact) mass is 257 g/mol. The number of rotatable bonds is 7. The Hall–Kier alpha value is -0.770. The summed E-state index contributed by atoms with van der Waals surface area (Å²) >= 11 is 5.81. The first-order chi connectivity index (χ1) is 8.11. The molecular weight excluding hydrogens is 238 g/mol. The second kappa shape index (κ2) is 7.54. The summed E-state index contributed by atoms with van der Waals surface area (Å²) in [5, 5.41) is 13.3. The Labute approximate surface area is 108 Å². The second-order valence-corrected chi connectivity index (χ2v) is 4.80. The number of nitrogens with one attached hydrogen (secondary N) is 1. The fourth-order valence-corrected chi connectivity index (χ4v) is 1.58. The first kappa shape index (κ1) is 14.3. The number of para-hydroxylation sites is 1. The van der Waals surface area contributed by atoms with Gasteiger partial charge in [-0.3, -0.25) is 0 Å². The number of halogens is 1. The molecular formula is C13H20ClNO2. The van der Waals surface area contributed by atoms with Crippen LogP contribution in [-0.2, 0) is 11.3 Å². The van der Waals surface area contributed by atoms with Gasteiger partial charge in [-0.05, 0) is 12.0 Å². The van der Waals surface area contributed by atoms with Gasteiger partial charge in [-0.15, -0.1) is 0 Å². The third-order valence-corrected chi connectivity index (χ3v) is 2.57. The van der Waals surface area contributed by atoms with Crippen LogP contribution in [0.4, 0.5) is 0 Å². The van der Waals surface area contributed by atoms with E-state index in [1.807, 2.05) is 12.1 Å². The average molecular weight is 258 g/mol. The molecule has 0 aliphatic rings. The molecule has 0 aliphatic heterocycles. The van der Waals surface area contributed by atoms with E-state index >= 15 is 0 Å². The van der Waals surface area contributed by atoms with Crippen LogP contribution in [0.15, 0.2) is 18.2 Å². The summed E-state index contributed by atoms with van der Waals surface area (Å²) in [6, 6.07) is 5.35. The molecule has 3 nitrogen and oxygen atoms in total. The van der Waals surface area contributed by atoms with E-state index < -0.39 is 0 Å². The van der Waals surface area contributed by atoms with Crippen molar-refractivity contribution in [3.8, 4) is 5.75 Å². The summed E-state index contributed by atoms with van der Waals surface area (Å²) in [6.45, 7) is 7.06. The van der Waals surface area contributed by atoms with Crippen LogP contribution in [0.5, 0.6) is 5.75 Å². The zero-order chi connectivity index (χ0) is 12.7. The maximum atomic E-state index is 9.67. The van der Waals surface area contributed by atoms with Crippen molar-refractivity contribution in [1.29, 1.82) is 0 Å². The molecule has 4 heteroatoms. The first-order valence-corrected chi connectivity index (χ1v) is 6.24. The lowest BCUT2D eigenvalue weighted by Crippen LogP contribution is -2.20. The molecule has 0 spiro atoms. The van der Waals surface area contributed by atoms with Crippen molar-refractivity contribution in [2.75, 3.05) is 19.8 Å². The molecule has 0 saturated heterocycles. The van der Waals surface area contributed by atoms with Crippen LogP contribution in [0.1, 0.15) is 19.4 Å². The lowest BCUT2D eigenvalue weighted by atomic mass is 10.2. The normalized spacial score (nSPS) is 11.1. The summed E-state index contributed by atoms with van der Waals surface area (Å²) in [6.07, 6.45) is 0. The van der Waals surface area contributed by atoms with Crippen LogP contribution in [0.2, 0.25) is 5.02 Å². The van der Waals surface area contributed by atoms with Crippen molar-refractivity contribution < 1.29 is 9.84 Å². The van der Waals surface area contributed by atoms with Crippen molar-refractivity contribution in [3.63, 3.8) is 0 Å². The van der Waals surface area contributed by atoms with Gasteiger partial charge in [0.05, 0.1) is 11.6 Å². The highest BCUT2D eigenvalue weighted by Crippen LogP contribution is 2.26. The molecule has 0 bridgehead atoms. The van der Waals surface area contributed by atoms with Crippen LogP contribution >= 0.6 is 11.6 Å². The van der Waals surface area contributed by atoms with Crippen LogP contribution in [0.25, 0.3) is 0 Å². The summed E-state index contributed by atoms with van der Waals surface area (Å²) < 4.78 is 5.44. The summed E-state index contributed by atoms with van der Waals surface area (Å²) in [7, 11) is 0. The van der Waals surface area contributed by atoms with Crippen molar-refractivity contribution in [3.05, 3.63) is 28.8 Å². The van der Waals surface area contributed by atoms with E-state index in [0.717, 1.165) is 18.7 Å². The number of benzene rings is 1. The molecule has 2 N–H and O–H groups in total. The van der Waals surface area contributed by atoms with Gasteiger partial charge in [0.25, 0.3) is 0 Å². The molecule has 0 unspecified atom stereocenters. The first-order valence-electron chi connectivity index (χ1n) is 5.86. The molecule has 0 atom stereocenters. The molecule has 1 aromatic carbocycles. The largest absolute Gasteiger partial charge is 0.506 e. The van der Waals surface area contributed by atoms with Crippen LogP contribution in [0, 0.1) is 5.92 Å². The molecule has 0 aromatic heterocycles. The Morgan fingerprint density at radius 1 is 1.41 bits per heavy atom. The lowest BCUT2D eigenvalue weighted by molar-refractivity contribution is 0.111. The van der Waals surface area contributed by atoms with Gasteiger partial charge in [-0.2, -0.15) is 0 Å². The number of hydrogen-bond acceptors (Lipinski definition) is 3. The van der Waals surface area contributed by atoms with Crippen LogP contribution in [-0.4, -0.2) is 24.9 Å². The number of aromatic hydroxyl groups is 1. The maximum absolute atomic E-state index is 9.67. The van der Waals surface area contributed by atoms with Gasteiger partial charge in [-0.1, -0.05) is 37.6 Å². The fraction of sp³-hybridized carbons (Fsp3) is 0.538. The predicted octanol–water partition coefficient (Wildman–Crippen LogP) is 2.81. The molecule has 1 aromatic rings. The fourth-order valence-electron chi connectivity index (χ4n) is 1.39. The summed E-state index contributed by atoms with van der Waals surface area (Å²) in [4.78, 5) is 0. The standard InChI is InChI=1S/C13H20ClNO2/c1-10(2)9-17-7-6-15-8-11-4-3-5-12(14)13(11)16/h3-5,10,15-16H,6-9H2,1-2H3. The third kappa shape index (κ3) is 5.39. The second-order valence-electron chi connectivity index (χ2n) is 4.39. The lowest BCUT2D eigenvalue weighted by Gasteiger charge is -2.09. The highest BCUT2D eigenvalue weighted by molar-refractivity contribution is 6.32. The SMILES string of the molecule is CC(C)COCCNCc1cccc(Cl)c1O. The van der Waals surface area contributed by atoms with Gasteiger partial charge in [0.1, 0.15) is 5.75 Å². The Kier molecular flexibility index (Phi) is 6.34. The van der Waals surface area contributed by atoms with E-state index in [1.165, 1.54) is 0 Å². The molecule has 0 fully saturated rings. The van der Waals surface area contributed by atoms with Crippen molar-refractivity contribution in [1.82, 2.24) is 5.32 Å². The highest BCUT2D eigenvalue weighted by Gasteiger charge is 2.03. The van der Waals surface area contributed by atoms with Crippen molar-refractivity contribution in [2.45, 2.75) is 20.4 Å². The van der Waals surface area contributed by atoms with E-state index in [0.29, 0.717) is 24.1 Å². The number of phenols is 1. The zero-order valence-corrected chi connectivity index (χ0v) is 11.1. The highest BCUT2D eigenvalue weighted by atomic mass is 35.5. The van der Waals surface area contributed by atoms with E-state index in [1.54, 1.807) is 6.07 Å². The van der Waals surface area contributed by atoms with Gasteiger partial charge in [0.15, 0.2) is 0 Å². The molecule has 0 radical (unpaired) electrons. The molecule has 0 heterocycles. The number of phenolic OH excluding ortho intramolecular Hbond substituents is 1. The minimum absolute atomic E-state index is 0.157. The zero-order valence-electron chi connectivity index (χ0n) is 10.4. The van der Waals surface area contributed by atoms with Crippen molar-refractivity contribution in [2.24, 2.45) is 5.92 Å². The smallest absolute Gasteiger partial charge is 0.138 e. The summed E-state index contributed by atoms with van der Waals surface area (Å²) in [5.41, 5.74) is 0.807. The van der Waals surface area contributed by atoms with E-state index in [4.69, 9.17) is 16.3 Å². The van der Waals surface area contributed by atoms with Gasteiger partial charge >= 0.3 is 0 Å². The van der Waals surface area contributed by atoms with Gasteiger partial charge in [0, 0.05) is 25.3 Å². The number of ether oxygens (including phenoxy) is 1. The quantitative estimate of drug-likeness (QED) is 0.738. The van der Waals surface area contributed by atoms with Crippen LogP contribution < -0.4 is 5.32 Å². The molecule has 0 amide bonds. The molecule has 96 valence electrons. The van der Waals surface area contributed by atoms with Gasteiger partial charge in [0.2, 0.25) is 0 Å². The Morgan fingerprint density at radius 2 is 2.18 bits per heavy atom. The van der Waals surface area contributed by atoms with Gasteiger partial charge in [-0.25, -0.2) is 0 Å². The molecule has 1 rings (SSSR count). The van der Waals surface area contributed by atoms with Crippen molar-refractivity contribution >= 4 is 11.6 Å². The molecule has 0 saturated carbocycles. The minimum Gasteiger partial charge on any atom is -0.506 e. The Bertz CT molecular complexity index is 342. The van der Waals surface area contributed by atoms with E-state index in [-0.39, 0.29) is 5.75 Å². The minimum atomic E-state index is 0.157. The average Bonchev–Trinajstić information content (AvgIpc) is 2.28. The molecule has 17 heavy (non-hydrogen) atoms. The Balaban J connectivity index is 2.20. The van der Waals surface area contributed by atoms with Crippen LogP contribution in [0.3, 0.4) is 0 Å². The topological polar surface area (TPSA) is 41.5 Å².